The summed E-state index contributed by atoms with van der Waals surface area (Å²) < 4.78 is 17.0. The van der Waals surface area contributed by atoms with Gasteiger partial charge in [-0.25, -0.2) is 9.59 Å². The number of benzene rings is 3. The molecular weight excluding hydrogens is 579 g/mol. The fourth-order valence-corrected chi connectivity index (χ4v) is 4.83. The number of amides is 2. The van der Waals surface area contributed by atoms with E-state index in [0.29, 0.717) is 55.3 Å². The van der Waals surface area contributed by atoms with Crippen LogP contribution in [0.15, 0.2) is 66.7 Å². The summed E-state index contributed by atoms with van der Waals surface area (Å²) in [6.45, 7) is 6.22. The first-order valence-corrected chi connectivity index (χ1v) is 14.7. The second-order valence-corrected chi connectivity index (χ2v) is 10.7. The number of carbonyl (C=O) groups excluding carboxylic acids is 1. The van der Waals surface area contributed by atoms with Gasteiger partial charge < -0.3 is 29.5 Å². The highest BCUT2D eigenvalue weighted by atomic mass is 35.5. The number of ether oxygens (including phenoxy) is 3. The standard InChI is InChI=1S/C32H38Cl2N2O6/c1-3-41-30(31(37)38)20-24-9-11-29(12-10-24)42-16-14-36(32(39)35-28-8-6-7-23(2)17-28)13-4-5-15-40-22-25-18-26(33)21-27(34)19-25/h6-12,17-19,21,30H,3-5,13-16,20,22H2,1-2H3,(H,35,39)(H,37,38). The number of halogens is 2. The Morgan fingerprint density at radius 1 is 0.929 bits per heavy atom. The second kappa shape index (κ2) is 17.6. The molecule has 0 aliphatic heterocycles. The lowest BCUT2D eigenvalue weighted by Gasteiger charge is -2.23. The monoisotopic (exact) mass is 616 g/mol. The second-order valence-electron chi connectivity index (χ2n) is 9.80. The van der Waals surface area contributed by atoms with E-state index < -0.39 is 12.1 Å². The van der Waals surface area contributed by atoms with Crippen molar-refractivity contribution < 1.29 is 28.9 Å². The van der Waals surface area contributed by atoms with Gasteiger partial charge >= 0.3 is 12.0 Å². The van der Waals surface area contributed by atoms with E-state index in [4.69, 9.17) is 37.4 Å². The fraction of sp³-hybridized carbons (Fsp3) is 0.375. The number of rotatable bonds is 17. The molecule has 0 radical (unpaired) electrons. The molecular formula is C32H38Cl2N2O6. The van der Waals surface area contributed by atoms with Crippen LogP contribution in [0.25, 0.3) is 0 Å². The lowest BCUT2D eigenvalue weighted by Crippen LogP contribution is -2.38. The van der Waals surface area contributed by atoms with Gasteiger partial charge in [-0.3, -0.25) is 0 Å². The molecule has 42 heavy (non-hydrogen) atoms. The smallest absolute Gasteiger partial charge is 0.333 e. The Balaban J connectivity index is 1.50. The molecule has 2 N–H and O–H groups in total. The van der Waals surface area contributed by atoms with Gasteiger partial charge in [0, 0.05) is 41.9 Å². The quantitative estimate of drug-likeness (QED) is 0.155. The van der Waals surface area contributed by atoms with E-state index in [1.54, 1.807) is 30.0 Å². The summed E-state index contributed by atoms with van der Waals surface area (Å²) in [5.74, 6) is -0.352. The van der Waals surface area contributed by atoms with Crippen molar-refractivity contribution in [1.82, 2.24) is 4.90 Å². The molecule has 226 valence electrons. The van der Waals surface area contributed by atoms with Gasteiger partial charge in [0.2, 0.25) is 0 Å². The van der Waals surface area contributed by atoms with E-state index in [-0.39, 0.29) is 12.5 Å². The van der Waals surface area contributed by atoms with Crippen LogP contribution in [-0.2, 0) is 27.3 Å². The average molecular weight is 618 g/mol. The minimum absolute atomic E-state index is 0.204. The van der Waals surface area contributed by atoms with Crippen LogP contribution in [0, 0.1) is 6.92 Å². The molecule has 0 heterocycles. The Labute approximate surface area is 257 Å². The van der Waals surface area contributed by atoms with Crippen molar-refractivity contribution in [1.29, 1.82) is 0 Å². The van der Waals surface area contributed by atoms with Crippen molar-refractivity contribution in [2.45, 2.75) is 45.8 Å². The van der Waals surface area contributed by atoms with Crippen molar-refractivity contribution in [2.75, 3.05) is 38.2 Å². The van der Waals surface area contributed by atoms with E-state index in [2.05, 4.69) is 5.32 Å². The van der Waals surface area contributed by atoms with Crippen LogP contribution in [0.5, 0.6) is 5.75 Å². The Morgan fingerprint density at radius 2 is 1.67 bits per heavy atom. The molecule has 0 bridgehead atoms. The zero-order chi connectivity index (χ0) is 30.3. The number of anilines is 1. The molecule has 0 saturated heterocycles. The molecule has 1 atom stereocenters. The van der Waals surface area contributed by atoms with Gasteiger partial charge in [-0.05, 0) is 85.8 Å². The van der Waals surface area contributed by atoms with Crippen molar-refractivity contribution in [3.63, 3.8) is 0 Å². The lowest BCUT2D eigenvalue weighted by molar-refractivity contribution is -0.149. The minimum atomic E-state index is -0.987. The molecule has 3 aromatic carbocycles. The average Bonchev–Trinajstić information content (AvgIpc) is 2.94. The maximum absolute atomic E-state index is 13.1. The zero-order valence-corrected chi connectivity index (χ0v) is 25.5. The number of urea groups is 1. The highest BCUT2D eigenvalue weighted by molar-refractivity contribution is 6.34. The van der Waals surface area contributed by atoms with Crippen molar-refractivity contribution in [3.8, 4) is 5.75 Å². The first-order valence-electron chi connectivity index (χ1n) is 13.9. The predicted molar refractivity (Wildman–Crippen MR) is 166 cm³/mol. The minimum Gasteiger partial charge on any atom is -0.492 e. The van der Waals surface area contributed by atoms with Gasteiger partial charge in [0.1, 0.15) is 12.4 Å². The fourth-order valence-electron chi connectivity index (χ4n) is 4.26. The van der Waals surface area contributed by atoms with E-state index in [0.717, 1.165) is 35.2 Å². The number of unbranched alkanes of at least 4 members (excludes halogenated alkanes) is 1. The van der Waals surface area contributed by atoms with Gasteiger partial charge in [0.25, 0.3) is 0 Å². The molecule has 3 aromatic rings. The molecule has 0 saturated carbocycles. The molecule has 10 heteroatoms. The number of aryl methyl sites for hydroxylation is 1. The molecule has 0 aromatic heterocycles. The zero-order valence-electron chi connectivity index (χ0n) is 24.0. The van der Waals surface area contributed by atoms with Crippen LogP contribution in [-0.4, -0.2) is 61.0 Å². The molecule has 0 aliphatic rings. The van der Waals surface area contributed by atoms with E-state index in [1.807, 2.05) is 55.5 Å². The normalized spacial score (nSPS) is 11.6. The van der Waals surface area contributed by atoms with Crippen LogP contribution in [0.1, 0.15) is 36.5 Å². The van der Waals surface area contributed by atoms with Crippen molar-refractivity contribution in [3.05, 3.63) is 93.5 Å². The van der Waals surface area contributed by atoms with Crippen LogP contribution in [0.4, 0.5) is 10.5 Å². The summed E-state index contributed by atoms with van der Waals surface area (Å²) in [5.41, 5.74) is 3.54. The molecule has 1 unspecified atom stereocenters. The maximum atomic E-state index is 13.1. The van der Waals surface area contributed by atoms with Crippen LogP contribution in [0.3, 0.4) is 0 Å². The predicted octanol–water partition coefficient (Wildman–Crippen LogP) is 7.24. The number of nitrogens with zero attached hydrogens (tertiary/aromatic N) is 1. The molecule has 8 nitrogen and oxygen atoms in total. The first-order chi connectivity index (χ1) is 20.2. The molecule has 0 spiro atoms. The SMILES string of the molecule is CCOC(Cc1ccc(OCCN(CCCCOCc2cc(Cl)cc(Cl)c2)C(=O)Nc2cccc(C)c2)cc1)C(=O)O. The van der Waals surface area contributed by atoms with E-state index >= 15 is 0 Å². The Kier molecular flexibility index (Phi) is 13.9. The van der Waals surface area contributed by atoms with Gasteiger partial charge in [-0.1, -0.05) is 47.5 Å². The van der Waals surface area contributed by atoms with Crippen LogP contribution >= 0.6 is 23.2 Å². The third-order valence-corrected chi connectivity index (χ3v) is 6.77. The summed E-state index contributed by atoms with van der Waals surface area (Å²) >= 11 is 12.1. The third kappa shape index (κ3) is 11.9. The molecule has 2 amide bonds. The Morgan fingerprint density at radius 3 is 2.33 bits per heavy atom. The third-order valence-electron chi connectivity index (χ3n) is 6.33. The van der Waals surface area contributed by atoms with Gasteiger partial charge in [-0.15, -0.1) is 0 Å². The van der Waals surface area contributed by atoms with Crippen molar-refractivity contribution >= 4 is 40.9 Å². The summed E-state index contributed by atoms with van der Waals surface area (Å²) in [5, 5.41) is 13.4. The highest BCUT2D eigenvalue weighted by Gasteiger charge is 2.18. The molecule has 0 fully saturated rings. The highest BCUT2D eigenvalue weighted by Crippen LogP contribution is 2.20. The lowest BCUT2D eigenvalue weighted by atomic mass is 10.1. The molecule has 3 rings (SSSR count). The van der Waals surface area contributed by atoms with Crippen LogP contribution < -0.4 is 10.1 Å². The largest absolute Gasteiger partial charge is 0.492 e. The van der Waals surface area contributed by atoms with Crippen molar-refractivity contribution in [2.24, 2.45) is 0 Å². The number of aliphatic carboxylic acids is 1. The number of hydrogen-bond donors (Lipinski definition) is 2. The Bertz CT molecular complexity index is 1270. The first kappa shape index (κ1) is 33.2. The van der Waals surface area contributed by atoms with E-state index in [1.165, 1.54) is 0 Å². The van der Waals surface area contributed by atoms with Crippen LogP contribution in [0.2, 0.25) is 10.0 Å². The number of hydrogen-bond acceptors (Lipinski definition) is 5. The summed E-state index contributed by atoms with van der Waals surface area (Å²) in [6, 6.07) is 20.0. The number of carboxylic acid groups (broad SMARTS) is 1. The molecule has 0 aliphatic carbocycles. The summed E-state index contributed by atoms with van der Waals surface area (Å²) in [4.78, 5) is 26.2. The van der Waals surface area contributed by atoms with Gasteiger partial charge in [-0.2, -0.15) is 0 Å². The topological polar surface area (TPSA) is 97.3 Å². The summed E-state index contributed by atoms with van der Waals surface area (Å²) in [7, 11) is 0. The Hall–Kier alpha value is -3.30. The van der Waals surface area contributed by atoms with Gasteiger partial charge in [0.05, 0.1) is 13.2 Å². The summed E-state index contributed by atoms with van der Waals surface area (Å²) in [6.07, 6.45) is 0.899. The van der Waals surface area contributed by atoms with Gasteiger partial charge in [0.15, 0.2) is 6.10 Å². The number of carbonyl (C=O) groups is 2. The van der Waals surface area contributed by atoms with E-state index in [9.17, 15) is 14.7 Å². The maximum Gasteiger partial charge on any atom is 0.333 e. The number of carboxylic acids is 1. The number of nitrogens with one attached hydrogen (secondary N) is 1.